The van der Waals surface area contributed by atoms with E-state index in [1.807, 2.05) is 0 Å². The average Bonchev–Trinajstić information content (AvgIpc) is 2.35. The van der Waals surface area contributed by atoms with E-state index in [1.54, 1.807) is 26.0 Å². The molecule has 0 aliphatic rings. The summed E-state index contributed by atoms with van der Waals surface area (Å²) in [6, 6.07) is 6.35. The van der Waals surface area contributed by atoms with Gasteiger partial charge in [-0.2, -0.15) is 4.31 Å². The molecule has 0 heterocycles. The van der Waals surface area contributed by atoms with Crippen LogP contribution in [0.4, 0.5) is 0 Å². The lowest BCUT2D eigenvalue weighted by Gasteiger charge is -2.20. The number of hydrogen-bond donors (Lipinski definition) is 1. The zero-order valence-electron chi connectivity index (χ0n) is 10.8. The Hall–Kier alpha value is -1.17. The van der Waals surface area contributed by atoms with Gasteiger partial charge in [-0.05, 0) is 24.6 Å². The summed E-state index contributed by atoms with van der Waals surface area (Å²) in [6.45, 7) is 7.84. The summed E-state index contributed by atoms with van der Waals surface area (Å²) < 4.78 is 26.1. The quantitative estimate of drug-likeness (QED) is 0.801. The molecule has 1 aromatic carbocycles. The van der Waals surface area contributed by atoms with Crippen LogP contribution in [-0.4, -0.2) is 30.9 Å². The third-order valence-electron chi connectivity index (χ3n) is 2.52. The van der Waals surface area contributed by atoms with Gasteiger partial charge in [0.15, 0.2) is 0 Å². The van der Waals surface area contributed by atoms with E-state index in [-0.39, 0.29) is 11.5 Å². The highest BCUT2D eigenvalue weighted by Gasteiger charge is 2.22. The first kappa shape index (κ1) is 14.9. The summed E-state index contributed by atoms with van der Waals surface area (Å²) in [5.41, 5.74) is 1.38. The van der Waals surface area contributed by atoms with Crippen LogP contribution in [-0.2, 0) is 16.6 Å². The molecule has 5 heteroatoms. The largest absolute Gasteiger partial charge is 0.392 e. The predicted octanol–water partition coefficient (Wildman–Crippen LogP) is 1.77. The number of rotatable bonds is 6. The third kappa shape index (κ3) is 3.41. The van der Waals surface area contributed by atoms with Gasteiger partial charge in [0, 0.05) is 13.1 Å². The van der Waals surface area contributed by atoms with E-state index in [4.69, 9.17) is 5.11 Å². The standard InChI is InChI=1S/C13H19NO3S/c1-4-14(9-11(2)3)18(16,17)13-7-5-6-12(8-13)10-15/h5-8,15H,2,4,9-10H2,1,3H3. The zero-order chi connectivity index (χ0) is 13.8. The molecule has 4 nitrogen and oxygen atoms in total. The first-order valence-corrected chi connectivity index (χ1v) is 7.20. The molecule has 0 bridgehead atoms. The lowest BCUT2D eigenvalue weighted by molar-refractivity contribution is 0.281. The number of benzene rings is 1. The maximum Gasteiger partial charge on any atom is 0.243 e. The number of nitrogens with zero attached hydrogens (tertiary/aromatic N) is 1. The molecule has 1 rings (SSSR count). The Morgan fingerprint density at radius 2 is 2.11 bits per heavy atom. The molecule has 1 aromatic rings. The van der Waals surface area contributed by atoms with Gasteiger partial charge in [-0.1, -0.05) is 31.2 Å². The van der Waals surface area contributed by atoms with Crippen LogP contribution >= 0.6 is 0 Å². The summed E-state index contributed by atoms with van der Waals surface area (Å²) in [5.74, 6) is 0. The van der Waals surface area contributed by atoms with Gasteiger partial charge >= 0.3 is 0 Å². The van der Waals surface area contributed by atoms with E-state index in [0.29, 0.717) is 18.7 Å². The van der Waals surface area contributed by atoms with Crippen LogP contribution in [0.5, 0.6) is 0 Å². The highest BCUT2D eigenvalue weighted by molar-refractivity contribution is 7.89. The monoisotopic (exact) mass is 269 g/mol. The van der Waals surface area contributed by atoms with E-state index >= 15 is 0 Å². The Labute approximate surface area is 109 Å². The number of aliphatic hydroxyl groups excluding tert-OH is 1. The number of hydrogen-bond acceptors (Lipinski definition) is 3. The molecule has 0 spiro atoms. The highest BCUT2D eigenvalue weighted by Crippen LogP contribution is 2.17. The summed E-state index contributed by atoms with van der Waals surface area (Å²) in [7, 11) is -3.52. The molecule has 0 aliphatic heterocycles. The normalized spacial score (nSPS) is 11.8. The number of aliphatic hydroxyl groups is 1. The molecule has 1 N–H and O–H groups in total. The fourth-order valence-corrected chi connectivity index (χ4v) is 3.20. The minimum Gasteiger partial charge on any atom is -0.392 e. The molecule has 0 aromatic heterocycles. The summed E-state index contributed by atoms with van der Waals surface area (Å²) in [6.07, 6.45) is 0. The average molecular weight is 269 g/mol. The lowest BCUT2D eigenvalue weighted by atomic mass is 10.2. The number of sulfonamides is 1. The fourth-order valence-electron chi connectivity index (χ4n) is 1.62. The van der Waals surface area contributed by atoms with E-state index < -0.39 is 10.0 Å². The van der Waals surface area contributed by atoms with Crippen LogP contribution in [0.25, 0.3) is 0 Å². The minimum absolute atomic E-state index is 0.171. The first-order chi connectivity index (χ1) is 8.41. The van der Waals surface area contributed by atoms with Crippen molar-refractivity contribution < 1.29 is 13.5 Å². The first-order valence-electron chi connectivity index (χ1n) is 5.76. The Balaban J connectivity index is 3.14. The SMILES string of the molecule is C=C(C)CN(CC)S(=O)(=O)c1cccc(CO)c1. The van der Waals surface area contributed by atoms with Gasteiger partial charge in [0.1, 0.15) is 0 Å². The zero-order valence-corrected chi connectivity index (χ0v) is 11.6. The van der Waals surface area contributed by atoms with Crippen molar-refractivity contribution in [3.63, 3.8) is 0 Å². The van der Waals surface area contributed by atoms with Crippen LogP contribution < -0.4 is 0 Å². The van der Waals surface area contributed by atoms with Crippen LogP contribution in [0.1, 0.15) is 19.4 Å². The van der Waals surface area contributed by atoms with E-state index in [9.17, 15) is 8.42 Å². The molecule has 100 valence electrons. The van der Waals surface area contributed by atoms with Gasteiger partial charge in [-0.3, -0.25) is 0 Å². The van der Waals surface area contributed by atoms with Crippen molar-refractivity contribution in [2.75, 3.05) is 13.1 Å². The molecule has 0 fully saturated rings. The number of likely N-dealkylation sites (N-methyl/N-ethyl adjacent to an activating group) is 1. The highest BCUT2D eigenvalue weighted by atomic mass is 32.2. The van der Waals surface area contributed by atoms with E-state index in [0.717, 1.165) is 5.57 Å². The Bertz CT molecular complexity index is 523. The third-order valence-corrected chi connectivity index (χ3v) is 4.43. The Kier molecular flexibility index (Phi) is 5.07. The Morgan fingerprint density at radius 3 is 2.61 bits per heavy atom. The van der Waals surface area contributed by atoms with Gasteiger partial charge in [0.05, 0.1) is 11.5 Å². The van der Waals surface area contributed by atoms with Gasteiger partial charge in [-0.25, -0.2) is 8.42 Å². The fraction of sp³-hybridized carbons (Fsp3) is 0.385. The van der Waals surface area contributed by atoms with Crippen molar-refractivity contribution in [3.05, 3.63) is 42.0 Å². The van der Waals surface area contributed by atoms with Crippen molar-refractivity contribution in [1.82, 2.24) is 4.31 Å². The maximum absolute atomic E-state index is 12.4. The van der Waals surface area contributed by atoms with Crippen molar-refractivity contribution in [1.29, 1.82) is 0 Å². The van der Waals surface area contributed by atoms with Gasteiger partial charge in [0.2, 0.25) is 10.0 Å². The molecule has 18 heavy (non-hydrogen) atoms. The van der Waals surface area contributed by atoms with Crippen molar-refractivity contribution in [3.8, 4) is 0 Å². The van der Waals surface area contributed by atoms with Crippen LogP contribution in [0.15, 0.2) is 41.3 Å². The summed E-state index contributed by atoms with van der Waals surface area (Å²) in [4.78, 5) is 0.206. The molecule has 0 amide bonds. The lowest BCUT2D eigenvalue weighted by Crippen LogP contribution is -2.32. The van der Waals surface area contributed by atoms with Gasteiger partial charge < -0.3 is 5.11 Å². The van der Waals surface area contributed by atoms with E-state index in [2.05, 4.69) is 6.58 Å². The minimum atomic E-state index is -3.52. The molecule has 0 aliphatic carbocycles. The summed E-state index contributed by atoms with van der Waals surface area (Å²) in [5, 5.41) is 9.05. The van der Waals surface area contributed by atoms with Gasteiger partial charge in [-0.15, -0.1) is 0 Å². The topological polar surface area (TPSA) is 57.6 Å². The Morgan fingerprint density at radius 1 is 1.44 bits per heavy atom. The second kappa shape index (κ2) is 6.13. The molecule has 0 radical (unpaired) electrons. The second-order valence-corrected chi connectivity index (χ2v) is 6.13. The molecule has 0 unspecified atom stereocenters. The van der Waals surface area contributed by atoms with Gasteiger partial charge in [0.25, 0.3) is 0 Å². The predicted molar refractivity (Wildman–Crippen MR) is 71.6 cm³/mol. The molecular weight excluding hydrogens is 250 g/mol. The van der Waals surface area contributed by atoms with Crippen LogP contribution in [0.3, 0.4) is 0 Å². The maximum atomic E-state index is 12.4. The van der Waals surface area contributed by atoms with Crippen LogP contribution in [0, 0.1) is 0 Å². The van der Waals surface area contributed by atoms with E-state index in [1.165, 1.54) is 16.4 Å². The molecular formula is C13H19NO3S. The van der Waals surface area contributed by atoms with Crippen molar-refractivity contribution in [2.45, 2.75) is 25.3 Å². The van der Waals surface area contributed by atoms with Crippen molar-refractivity contribution in [2.24, 2.45) is 0 Å². The molecule has 0 atom stereocenters. The molecule has 0 saturated carbocycles. The second-order valence-electron chi connectivity index (χ2n) is 4.19. The smallest absolute Gasteiger partial charge is 0.243 e. The van der Waals surface area contributed by atoms with Crippen molar-refractivity contribution >= 4 is 10.0 Å². The van der Waals surface area contributed by atoms with Crippen LogP contribution in [0.2, 0.25) is 0 Å². The summed E-state index contributed by atoms with van der Waals surface area (Å²) >= 11 is 0. The molecule has 0 saturated heterocycles.